The highest BCUT2D eigenvalue weighted by atomic mass is 15.1. The minimum Gasteiger partial charge on any atom is -0.297 e. The third-order valence-electron chi connectivity index (χ3n) is 11.3. The normalized spacial score (nSPS) is 12.7. The van der Waals surface area contributed by atoms with Gasteiger partial charge in [0.1, 0.15) is 5.84 Å². The van der Waals surface area contributed by atoms with Gasteiger partial charge in [-0.1, -0.05) is 170 Å². The van der Waals surface area contributed by atoms with Gasteiger partial charge in [-0.2, -0.15) is 0 Å². The smallest absolute Gasteiger partial charge is 0.111 e. The topological polar surface area (TPSA) is 17.3 Å². The lowest BCUT2D eigenvalue weighted by Gasteiger charge is -2.12. The monoisotopic (exact) mass is 728 g/mol. The van der Waals surface area contributed by atoms with Crippen molar-refractivity contribution in [1.29, 1.82) is 0 Å². The van der Waals surface area contributed by atoms with E-state index in [9.17, 15) is 0 Å². The van der Waals surface area contributed by atoms with Gasteiger partial charge in [0.2, 0.25) is 0 Å². The fraction of sp³-hybridized carbons (Fsp3) is 0.0364. The Labute approximate surface area is 333 Å². The van der Waals surface area contributed by atoms with E-state index in [4.69, 9.17) is 4.99 Å². The first kappa shape index (κ1) is 34.2. The predicted octanol–water partition coefficient (Wildman–Crippen LogP) is 15.0. The lowest BCUT2D eigenvalue weighted by molar-refractivity contribution is 1.24. The van der Waals surface area contributed by atoms with Crippen molar-refractivity contribution in [3.8, 4) is 22.3 Å². The van der Waals surface area contributed by atoms with Crippen LogP contribution in [0.1, 0.15) is 25.0 Å². The van der Waals surface area contributed by atoms with Gasteiger partial charge in [-0.3, -0.25) is 4.57 Å². The summed E-state index contributed by atoms with van der Waals surface area (Å²) in [6.07, 6.45) is 4.36. The predicted molar refractivity (Wildman–Crippen MR) is 246 cm³/mol. The minimum absolute atomic E-state index is 0.912. The van der Waals surface area contributed by atoms with Crippen LogP contribution in [0.3, 0.4) is 0 Å². The van der Waals surface area contributed by atoms with Crippen molar-refractivity contribution in [3.05, 3.63) is 217 Å². The molecule has 9 aromatic carbocycles. The third kappa shape index (κ3) is 6.22. The molecule has 0 spiro atoms. The van der Waals surface area contributed by atoms with Crippen molar-refractivity contribution in [2.45, 2.75) is 13.8 Å². The van der Waals surface area contributed by atoms with Gasteiger partial charge in [-0.25, -0.2) is 4.99 Å². The number of fused-ring (bicyclic) bond motifs is 7. The SMILES string of the molecule is C/C=C(/C=C(\N=C(/C)n1c2ccccc2c2c3ccc(-c4ccc5ccc(-c6cccc7ccccc67)cc5c4)cc3ccc21)c1ccccc1)c1ccccc1. The first-order chi connectivity index (χ1) is 28.1. The Morgan fingerprint density at radius 3 is 1.86 bits per heavy atom. The van der Waals surface area contributed by atoms with E-state index in [1.807, 2.05) is 0 Å². The summed E-state index contributed by atoms with van der Waals surface area (Å²) in [5.74, 6) is 0.912. The molecule has 0 N–H and O–H groups in total. The van der Waals surface area contributed by atoms with Crippen LogP contribution in [0, 0.1) is 0 Å². The highest BCUT2D eigenvalue weighted by molar-refractivity contribution is 6.24. The average molecular weight is 729 g/mol. The van der Waals surface area contributed by atoms with Gasteiger partial charge in [0.05, 0.1) is 16.7 Å². The van der Waals surface area contributed by atoms with Crippen LogP contribution in [-0.4, -0.2) is 10.4 Å². The zero-order valence-corrected chi connectivity index (χ0v) is 32.0. The van der Waals surface area contributed by atoms with Crippen molar-refractivity contribution < 1.29 is 0 Å². The fourth-order valence-corrected chi connectivity index (χ4v) is 8.52. The number of hydrogen-bond donors (Lipinski definition) is 0. The molecule has 1 heterocycles. The molecule has 0 fully saturated rings. The summed E-state index contributed by atoms with van der Waals surface area (Å²) in [4.78, 5) is 5.40. The Bertz CT molecular complexity index is 3230. The molecule has 1 aromatic heterocycles. The maximum absolute atomic E-state index is 5.40. The summed E-state index contributed by atoms with van der Waals surface area (Å²) < 4.78 is 2.32. The number of rotatable bonds is 6. The fourth-order valence-electron chi connectivity index (χ4n) is 8.52. The van der Waals surface area contributed by atoms with E-state index in [1.54, 1.807) is 0 Å². The molecular weight excluding hydrogens is 689 g/mol. The Hall–Kier alpha value is -7.29. The van der Waals surface area contributed by atoms with Gasteiger partial charge in [0.15, 0.2) is 0 Å². The number of aromatic nitrogens is 1. The van der Waals surface area contributed by atoms with Crippen molar-refractivity contribution in [1.82, 2.24) is 4.57 Å². The van der Waals surface area contributed by atoms with Gasteiger partial charge < -0.3 is 0 Å². The first-order valence-corrected chi connectivity index (χ1v) is 19.7. The lowest BCUT2D eigenvalue weighted by atomic mass is 9.94. The van der Waals surface area contributed by atoms with Crippen molar-refractivity contribution in [2.24, 2.45) is 4.99 Å². The van der Waals surface area contributed by atoms with Crippen molar-refractivity contribution >= 4 is 71.2 Å². The highest BCUT2D eigenvalue weighted by Gasteiger charge is 2.16. The van der Waals surface area contributed by atoms with E-state index >= 15 is 0 Å². The molecule has 10 rings (SSSR count). The molecule has 0 amide bonds. The number of benzene rings is 9. The highest BCUT2D eigenvalue weighted by Crippen LogP contribution is 2.38. The van der Waals surface area contributed by atoms with Crippen LogP contribution in [0.4, 0.5) is 0 Å². The van der Waals surface area contributed by atoms with Gasteiger partial charge in [0, 0.05) is 16.3 Å². The second kappa shape index (κ2) is 14.4. The van der Waals surface area contributed by atoms with E-state index in [-0.39, 0.29) is 0 Å². The van der Waals surface area contributed by atoms with Crippen LogP contribution in [0.25, 0.3) is 87.6 Å². The van der Waals surface area contributed by atoms with Gasteiger partial charge >= 0.3 is 0 Å². The lowest BCUT2D eigenvalue weighted by Crippen LogP contribution is -2.07. The molecule has 0 radical (unpaired) electrons. The third-order valence-corrected chi connectivity index (χ3v) is 11.3. The molecule has 10 aromatic rings. The van der Waals surface area contributed by atoms with Crippen molar-refractivity contribution in [3.63, 3.8) is 0 Å². The second-order valence-corrected chi connectivity index (χ2v) is 14.7. The molecule has 57 heavy (non-hydrogen) atoms. The molecule has 0 saturated heterocycles. The van der Waals surface area contributed by atoms with E-state index < -0.39 is 0 Å². The zero-order chi connectivity index (χ0) is 38.3. The number of nitrogens with zero attached hydrogens (tertiary/aromatic N) is 2. The summed E-state index contributed by atoms with van der Waals surface area (Å²) in [6.45, 7) is 4.21. The van der Waals surface area contributed by atoms with Gasteiger partial charge in [-0.15, -0.1) is 0 Å². The van der Waals surface area contributed by atoms with Crippen LogP contribution < -0.4 is 0 Å². The number of allylic oxidation sites excluding steroid dienone is 3. The van der Waals surface area contributed by atoms with Crippen LogP contribution in [0.5, 0.6) is 0 Å². The number of para-hydroxylation sites is 1. The molecule has 2 nitrogen and oxygen atoms in total. The van der Waals surface area contributed by atoms with Gasteiger partial charge in [-0.05, 0) is 116 Å². The van der Waals surface area contributed by atoms with E-state index in [1.165, 1.54) is 70.9 Å². The van der Waals surface area contributed by atoms with Gasteiger partial charge in [0.25, 0.3) is 0 Å². The molecule has 0 bridgehead atoms. The van der Waals surface area contributed by atoms with Crippen LogP contribution in [0.15, 0.2) is 211 Å². The van der Waals surface area contributed by atoms with E-state index in [2.05, 4.69) is 225 Å². The summed E-state index contributed by atoms with van der Waals surface area (Å²) in [7, 11) is 0. The molecule has 2 heteroatoms. The molecule has 0 aliphatic rings. The van der Waals surface area contributed by atoms with Crippen LogP contribution in [0.2, 0.25) is 0 Å². The summed E-state index contributed by atoms with van der Waals surface area (Å²) in [5.41, 5.74) is 11.5. The molecule has 0 saturated carbocycles. The molecule has 0 aliphatic carbocycles. The Kier molecular flexibility index (Phi) is 8.65. The van der Waals surface area contributed by atoms with Crippen molar-refractivity contribution in [2.75, 3.05) is 0 Å². The Morgan fingerprint density at radius 1 is 0.456 bits per heavy atom. The molecular formula is C55H40N2. The second-order valence-electron chi connectivity index (χ2n) is 14.7. The minimum atomic E-state index is 0.912. The maximum atomic E-state index is 5.40. The maximum Gasteiger partial charge on any atom is 0.111 e. The van der Waals surface area contributed by atoms with E-state index in [0.717, 1.165) is 33.7 Å². The number of hydrogen-bond acceptors (Lipinski definition) is 1. The molecule has 270 valence electrons. The Balaban J connectivity index is 1.08. The quantitative estimate of drug-likeness (QED) is 0.0921. The Morgan fingerprint density at radius 2 is 1.07 bits per heavy atom. The summed E-state index contributed by atoms with van der Waals surface area (Å²) in [5, 5.41) is 9.92. The molecule has 0 atom stereocenters. The van der Waals surface area contributed by atoms with E-state index in [0.29, 0.717) is 0 Å². The average Bonchev–Trinajstić information content (AvgIpc) is 3.62. The van der Waals surface area contributed by atoms with Crippen LogP contribution >= 0.6 is 0 Å². The molecule has 0 aliphatic heterocycles. The standard InChI is InChI=1S/C55H40N2/c1-3-38(39-15-6-4-7-16-39)36-52(42-18-8-5-9-19-42)56-37(2)57-53-24-13-12-22-51(53)55-50-31-29-44(33-46(50)30-32-54(55)57)43-27-25-40-26-28-45(35-47(40)34-43)49-23-14-20-41-17-10-11-21-48(41)49/h3-36H,1-2H3/b38-3-,52-36-,56-37+. The van der Waals surface area contributed by atoms with Crippen LogP contribution in [-0.2, 0) is 0 Å². The largest absolute Gasteiger partial charge is 0.297 e. The first-order valence-electron chi connectivity index (χ1n) is 19.7. The number of aliphatic imine (C=N–C) groups is 1. The summed E-state index contributed by atoms with van der Waals surface area (Å²) in [6, 6.07) is 70.1. The molecule has 0 unspecified atom stereocenters. The zero-order valence-electron chi connectivity index (χ0n) is 32.0. The summed E-state index contributed by atoms with van der Waals surface area (Å²) >= 11 is 0.